The largest absolute Gasteiger partial charge is 0.379 e. The molecule has 2 N–H and O–H groups in total. The molecule has 1 unspecified atom stereocenters. The fraction of sp³-hybridized carbons (Fsp3) is 0.333. The van der Waals surface area contributed by atoms with Crippen LogP contribution in [0.15, 0.2) is 42.0 Å². The van der Waals surface area contributed by atoms with Crippen LogP contribution in [-0.2, 0) is 4.74 Å². The number of carbonyl (C=O) groups excluding carboxylic acids is 1. The lowest BCUT2D eigenvalue weighted by Crippen LogP contribution is -2.43. The van der Waals surface area contributed by atoms with Crippen LogP contribution in [0.2, 0.25) is 0 Å². The molecule has 130 valence electrons. The van der Waals surface area contributed by atoms with Gasteiger partial charge in [0.05, 0.1) is 29.5 Å². The highest BCUT2D eigenvalue weighted by molar-refractivity contribution is 7.17. The average Bonchev–Trinajstić information content (AvgIpc) is 3.26. The van der Waals surface area contributed by atoms with E-state index in [0.29, 0.717) is 12.2 Å². The molecular formula is C18H20N4O2S. The van der Waals surface area contributed by atoms with Crippen LogP contribution in [0.25, 0.3) is 10.2 Å². The number of pyridine rings is 1. The van der Waals surface area contributed by atoms with Crippen molar-refractivity contribution in [1.82, 2.24) is 20.2 Å². The fourth-order valence-corrected chi connectivity index (χ4v) is 3.96. The first-order valence-corrected chi connectivity index (χ1v) is 9.25. The molecule has 1 aliphatic heterocycles. The lowest BCUT2D eigenvalue weighted by molar-refractivity contribution is 0.0161. The minimum atomic E-state index is -0.0782. The Labute approximate surface area is 149 Å². The van der Waals surface area contributed by atoms with Crippen LogP contribution in [0.3, 0.4) is 0 Å². The Bertz CT molecular complexity index is 811. The van der Waals surface area contributed by atoms with E-state index in [1.807, 2.05) is 29.8 Å². The smallest absolute Gasteiger partial charge is 0.267 e. The van der Waals surface area contributed by atoms with Crippen molar-refractivity contribution in [3.05, 3.63) is 53.3 Å². The number of morpholine rings is 1. The molecule has 0 aromatic carbocycles. The molecule has 6 nitrogen and oxygen atoms in total. The molecule has 4 heterocycles. The summed E-state index contributed by atoms with van der Waals surface area (Å²) in [6, 6.07) is 7.98. The zero-order valence-electron chi connectivity index (χ0n) is 13.8. The Morgan fingerprint density at radius 3 is 3.04 bits per heavy atom. The highest BCUT2D eigenvalue weighted by atomic mass is 32.1. The topological polar surface area (TPSA) is 70.2 Å². The number of thiophene rings is 1. The molecule has 1 atom stereocenters. The second-order valence-corrected chi connectivity index (χ2v) is 6.99. The van der Waals surface area contributed by atoms with Crippen LogP contribution in [0, 0.1) is 0 Å². The predicted molar refractivity (Wildman–Crippen MR) is 97.9 cm³/mol. The third-order valence-electron chi connectivity index (χ3n) is 4.50. The summed E-state index contributed by atoms with van der Waals surface area (Å²) in [6.07, 6.45) is 3.64. The summed E-state index contributed by atoms with van der Waals surface area (Å²) in [5, 5.41) is 5.08. The van der Waals surface area contributed by atoms with Gasteiger partial charge >= 0.3 is 0 Å². The summed E-state index contributed by atoms with van der Waals surface area (Å²) in [6.45, 7) is 3.69. The van der Waals surface area contributed by atoms with Gasteiger partial charge in [-0.2, -0.15) is 0 Å². The minimum absolute atomic E-state index is 0.0782. The van der Waals surface area contributed by atoms with Gasteiger partial charge in [-0.15, -0.1) is 11.3 Å². The first-order valence-electron chi connectivity index (χ1n) is 8.37. The number of aromatic nitrogens is 2. The number of nitrogens with one attached hydrogen (secondary N) is 2. The maximum Gasteiger partial charge on any atom is 0.267 e. The summed E-state index contributed by atoms with van der Waals surface area (Å²) in [7, 11) is 0. The van der Waals surface area contributed by atoms with Crippen molar-refractivity contribution in [1.29, 1.82) is 0 Å². The van der Waals surface area contributed by atoms with E-state index in [2.05, 4.69) is 26.3 Å². The summed E-state index contributed by atoms with van der Waals surface area (Å²) >= 11 is 1.63. The zero-order valence-corrected chi connectivity index (χ0v) is 14.6. The zero-order chi connectivity index (χ0) is 17.1. The normalized spacial score (nSPS) is 16.8. The highest BCUT2D eigenvalue weighted by Gasteiger charge is 2.23. The molecule has 0 spiro atoms. The summed E-state index contributed by atoms with van der Waals surface area (Å²) in [4.78, 5) is 22.3. The quantitative estimate of drug-likeness (QED) is 0.737. The lowest BCUT2D eigenvalue weighted by Gasteiger charge is -2.34. The van der Waals surface area contributed by atoms with Crippen LogP contribution in [0.5, 0.6) is 0 Å². The van der Waals surface area contributed by atoms with Gasteiger partial charge in [0.25, 0.3) is 5.91 Å². The molecule has 1 amide bonds. The molecule has 0 aliphatic carbocycles. The predicted octanol–water partition coefficient (Wildman–Crippen LogP) is 2.43. The van der Waals surface area contributed by atoms with Crippen molar-refractivity contribution >= 4 is 27.5 Å². The molecule has 0 saturated carbocycles. The van der Waals surface area contributed by atoms with E-state index in [9.17, 15) is 4.79 Å². The second-order valence-electron chi connectivity index (χ2n) is 6.04. The van der Waals surface area contributed by atoms with E-state index >= 15 is 0 Å². The van der Waals surface area contributed by atoms with E-state index < -0.39 is 0 Å². The minimum Gasteiger partial charge on any atom is -0.379 e. The number of aromatic amines is 1. The first-order chi connectivity index (χ1) is 12.3. The van der Waals surface area contributed by atoms with Gasteiger partial charge in [0.1, 0.15) is 5.69 Å². The molecule has 1 saturated heterocycles. The van der Waals surface area contributed by atoms with Gasteiger partial charge in [-0.1, -0.05) is 6.07 Å². The van der Waals surface area contributed by atoms with Crippen molar-refractivity contribution in [2.45, 2.75) is 6.04 Å². The van der Waals surface area contributed by atoms with Crippen molar-refractivity contribution in [3.63, 3.8) is 0 Å². The number of rotatable bonds is 5. The molecule has 25 heavy (non-hydrogen) atoms. The SMILES string of the molecule is O=C(NCC(c1cccnc1)N1CCOCC1)c1cc2sccc2[nH]1. The van der Waals surface area contributed by atoms with Crippen LogP contribution in [0.4, 0.5) is 0 Å². The number of ether oxygens (including phenoxy) is 1. The van der Waals surface area contributed by atoms with E-state index in [0.717, 1.165) is 42.1 Å². The molecule has 4 rings (SSSR count). The number of hydrogen-bond donors (Lipinski definition) is 2. The van der Waals surface area contributed by atoms with Gasteiger partial charge in [0.15, 0.2) is 0 Å². The Kier molecular flexibility index (Phi) is 4.78. The number of nitrogens with zero attached hydrogens (tertiary/aromatic N) is 2. The average molecular weight is 356 g/mol. The number of carbonyl (C=O) groups is 1. The van der Waals surface area contributed by atoms with Gasteiger partial charge in [-0.05, 0) is 29.1 Å². The van der Waals surface area contributed by atoms with Crippen molar-refractivity contribution in [2.24, 2.45) is 0 Å². The molecule has 0 bridgehead atoms. The fourth-order valence-electron chi connectivity index (χ4n) is 3.18. The van der Waals surface area contributed by atoms with Crippen LogP contribution >= 0.6 is 11.3 Å². The number of fused-ring (bicyclic) bond motifs is 1. The lowest BCUT2D eigenvalue weighted by atomic mass is 10.1. The molecule has 3 aromatic rings. The van der Waals surface area contributed by atoms with E-state index in [1.54, 1.807) is 17.5 Å². The summed E-state index contributed by atoms with van der Waals surface area (Å²) in [5.74, 6) is -0.0782. The van der Waals surface area contributed by atoms with Gasteiger partial charge in [-0.3, -0.25) is 14.7 Å². The summed E-state index contributed by atoms with van der Waals surface area (Å²) in [5.41, 5.74) is 2.72. The Hall–Kier alpha value is -2.22. The van der Waals surface area contributed by atoms with Gasteiger partial charge in [-0.25, -0.2) is 0 Å². The van der Waals surface area contributed by atoms with Gasteiger partial charge in [0.2, 0.25) is 0 Å². The maximum absolute atomic E-state index is 12.5. The van der Waals surface area contributed by atoms with Crippen molar-refractivity contribution in [2.75, 3.05) is 32.8 Å². The Balaban J connectivity index is 1.48. The van der Waals surface area contributed by atoms with E-state index in [-0.39, 0.29) is 11.9 Å². The van der Waals surface area contributed by atoms with Crippen LogP contribution < -0.4 is 5.32 Å². The maximum atomic E-state index is 12.5. The third-order valence-corrected chi connectivity index (χ3v) is 5.36. The van der Waals surface area contributed by atoms with Gasteiger partial charge in [0, 0.05) is 32.0 Å². The number of amides is 1. The molecule has 1 aliphatic rings. The molecule has 3 aromatic heterocycles. The standard InChI is InChI=1S/C18H20N4O2S/c23-18(15-10-17-14(21-15)3-9-25-17)20-12-16(13-2-1-4-19-11-13)22-5-7-24-8-6-22/h1-4,9-11,16,21H,5-8,12H2,(H,20,23). The Morgan fingerprint density at radius 2 is 2.28 bits per heavy atom. The van der Waals surface area contributed by atoms with Crippen molar-refractivity contribution in [3.8, 4) is 0 Å². The van der Waals surface area contributed by atoms with Gasteiger partial charge < -0.3 is 15.0 Å². The Morgan fingerprint density at radius 1 is 1.40 bits per heavy atom. The summed E-state index contributed by atoms with van der Waals surface area (Å²) < 4.78 is 6.56. The van der Waals surface area contributed by atoms with Crippen LogP contribution in [-0.4, -0.2) is 53.6 Å². The molecule has 0 radical (unpaired) electrons. The second kappa shape index (κ2) is 7.35. The van der Waals surface area contributed by atoms with Crippen LogP contribution in [0.1, 0.15) is 22.1 Å². The number of hydrogen-bond acceptors (Lipinski definition) is 5. The molecule has 7 heteroatoms. The first kappa shape index (κ1) is 16.3. The van der Waals surface area contributed by atoms with E-state index in [1.165, 1.54) is 0 Å². The monoisotopic (exact) mass is 356 g/mol. The van der Waals surface area contributed by atoms with Crippen molar-refractivity contribution < 1.29 is 9.53 Å². The number of H-pyrrole nitrogens is 1. The highest BCUT2D eigenvalue weighted by Crippen LogP contribution is 2.22. The third kappa shape index (κ3) is 3.58. The molecular weight excluding hydrogens is 336 g/mol. The molecule has 1 fully saturated rings. The van der Waals surface area contributed by atoms with E-state index in [4.69, 9.17) is 4.74 Å².